The third-order valence-electron chi connectivity index (χ3n) is 2.02. The lowest BCUT2D eigenvalue weighted by atomic mass is 9.97. The fourth-order valence-corrected chi connectivity index (χ4v) is 1.63. The molecule has 0 aromatic rings. The van der Waals surface area contributed by atoms with Crippen LogP contribution in [0, 0.1) is 0 Å². The van der Waals surface area contributed by atoms with Crippen molar-refractivity contribution in [1.82, 2.24) is 4.90 Å². The van der Waals surface area contributed by atoms with Crippen LogP contribution in [-0.2, 0) is 0 Å². The number of rotatable bonds is 4. The van der Waals surface area contributed by atoms with Crippen molar-refractivity contribution >= 4 is 6.09 Å². The van der Waals surface area contributed by atoms with E-state index in [-0.39, 0.29) is 11.6 Å². The Bertz CT molecular complexity index is 197. The summed E-state index contributed by atoms with van der Waals surface area (Å²) in [6, 6.07) is -0.00699. The highest BCUT2D eigenvalue weighted by molar-refractivity contribution is 5.66. The first-order chi connectivity index (χ1) is 5.83. The zero-order chi connectivity index (χ0) is 10.6. The van der Waals surface area contributed by atoms with Gasteiger partial charge in [0.25, 0.3) is 0 Å². The molecule has 0 aliphatic carbocycles. The Hall–Kier alpha value is -0.990. The SMILES string of the molecule is C=CCC(C)(C)N(C(=O)O)C(C)C. The predicted octanol–water partition coefficient (Wildman–Crippen LogP) is 2.73. The maximum absolute atomic E-state index is 11.0. The molecule has 0 rings (SSSR count). The van der Waals surface area contributed by atoms with E-state index in [0.29, 0.717) is 6.42 Å². The van der Waals surface area contributed by atoms with Gasteiger partial charge < -0.3 is 10.0 Å². The lowest BCUT2D eigenvalue weighted by molar-refractivity contribution is 0.0734. The molecule has 0 heterocycles. The van der Waals surface area contributed by atoms with Gasteiger partial charge in [0.05, 0.1) is 0 Å². The fourth-order valence-electron chi connectivity index (χ4n) is 1.63. The molecule has 1 amide bonds. The van der Waals surface area contributed by atoms with Crippen LogP contribution in [0.3, 0.4) is 0 Å². The molecule has 0 aromatic heterocycles. The summed E-state index contributed by atoms with van der Waals surface area (Å²) >= 11 is 0. The van der Waals surface area contributed by atoms with Crippen molar-refractivity contribution in [1.29, 1.82) is 0 Å². The summed E-state index contributed by atoms with van der Waals surface area (Å²) in [5.41, 5.74) is -0.373. The van der Waals surface area contributed by atoms with Crippen molar-refractivity contribution in [3.8, 4) is 0 Å². The first-order valence-corrected chi connectivity index (χ1v) is 4.46. The summed E-state index contributed by atoms with van der Waals surface area (Å²) in [5.74, 6) is 0. The van der Waals surface area contributed by atoms with Gasteiger partial charge in [-0.05, 0) is 34.1 Å². The molecule has 0 fully saturated rings. The first-order valence-electron chi connectivity index (χ1n) is 4.46. The molecule has 0 saturated heterocycles. The van der Waals surface area contributed by atoms with E-state index in [9.17, 15) is 4.79 Å². The van der Waals surface area contributed by atoms with Gasteiger partial charge in [-0.25, -0.2) is 4.79 Å². The van der Waals surface area contributed by atoms with Crippen molar-refractivity contribution in [2.45, 2.75) is 45.7 Å². The van der Waals surface area contributed by atoms with Crippen LogP contribution < -0.4 is 0 Å². The predicted molar refractivity (Wildman–Crippen MR) is 53.9 cm³/mol. The molecule has 0 saturated carbocycles. The summed E-state index contributed by atoms with van der Waals surface area (Å²) in [6.07, 6.45) is 1.54. The lowest BCUT2D eigenvalue weighted by Crippen LogP contribution is -2.50. The van der Waals surface area contributed by atoms with Crippen LogP contribution in [0.4, 0.5) is 4.79 Å². The van der Waals surface area contributed by atoms with Gasteiger partial charge in [-0.2, -0.15) is 0 Å². The van der Waals surface area contributed by atoms with Gasteiger partial charge in [0, 0.05) is 11.6 Å². The molecule has 0 unspecified atom stereocenters. The van der Waals surface area contributed by atoms with Gasteiger partial charge in [0.15, 0.2) is 0 Å². The van der Waals surface area contributed by atoms with Crippen molar-refractivity contribution in [3.05, 3.63) is 12.7 Å². The van der Waals surface area contributed by atoms with E-state index in [4.69, 9.17) is 5.11 Å². The van der Waals surface area contributed by atoms with E-state index in [1.165, 1.54) is 4.90 Å². The van der Waals surface area contributed by atoms with Crippen molar-refractivity contribution in [3.63, 3.8) is 0 Å². The minimum absolute atomic E-state index is 0.00699. The average Bonchev–Trinajstić information content (AvgIpc) is 1.82. The maximum atomic E-state index is 11.0. The molecule has 0 aliphatic heterocycles. The third-order valence-corrected chi connectivity index (χ3v) is 2.02. The second-order valence-electron chi connectivity index (χ2n) is 4.05. The Morgan fingerprint density at radius 1 is 1.62 bits per heavy atom. The Labute approximate surface area is 80.0 Å². The van der Waals surface area contributed by atoms with E-state index >= 15 is 0 Å². The second-order valence-corrected chi connectivity index (χ2v) is 4.05. The summed E-state index contributed by atoms with van der Waals surface area (Å²) in [6.45, 7) is 11.2. The molecule has 0 atom stereocenters. The number of carbonyl (C=O) groups is 1. The highest BCUT2D eigenvalue weighted by Gasteiger charge is 2.31. The summed E-state index contributed by atoms with van der Waals surface area (Å²) in [4.78, 5) is 12.4. The molecule has 76 valence electrons. The average molecular weight is 185 g/mol. The third kappa shape index (κ3) is 3.09. The van der Waals surface area contributed by atoms with Crippen LogP contribution in [0.1, 0.15) is 34.1 Å². The first kappa shape index (κ1) is 12.0. The summed E-state index contributed by atoms with van der Waals surface area (Å²) in [5, 5.41) is 9.00. The van der Waals surface area contributed by atoms with Gasteiger partial charge in [-0.3, -0.25) is 0 Å². The fraction of sp³-hybridized carbons (Fsp3) is 0.700. The molecule has 13 heavy (non-hydrogen) atoms. The Balaban J connectivity index is 4.71. The maximum Gasteiger partial charge on any atom is 0.407 e. The number of amides is 1. The van der Waals surface area contributed by atoms with Crippen LogP contribution in [0.15, 0.2) is 12.7 Å². The molecular weight excluding hydrogens is 166 g/mol. The van der Waals surface area contributed by atoms with Crippen molar-refractivity contribution in [2.24, 2.45) is 0 Å². The molecule has 0 radical (unpaired) electrons. The van der Waals surface area contributed by atoms with Crippen molar-refractivity contribution in [2.75, 3.05) is 0 Å². The van der Waals surface area contributed by atoms with Gasteiger partial charge in [-0.1, -0.05) is 6.08 Å². The lowest BCUT2D eigenvalue weighted by Gasteiger charge is -2.38. The number of nitrogens with zero attached hydrogens (tertiary/aromatic N) is 1. The largest absolute Gasteiger partial charge is 0.465 e. The highest BCUT2D eigenvalue weighted by Crippen LogP contribution is 2.21. The van der Waals surface area contributed by atoms with Crippen LogP contribution >= 0.6 is 0 Å². The van der Waals surface area contributed by atoms with Crippen LogP contribution in [0.25, 0.3) is 0 Å². The normalized spacial score (nSPS) is 11.5. The monoisotopic (exact) mass is 185 g/mol. The van der Waals surface area contributed by atoms with Crippen LogP contribution in [0.5, 0.6) is 0 Å². The highest BCUT2D eigenvalue weighted by atomic mass is 16.4. The molecule has 0 aliphatic rings. The standard InChI is InChI=1S/C10H19NO2/c1-6-7-10(4,5)11(8(2)3)9(12)13/h6,8H,1,7H2,2-5H3,(H,12,13). The number of hydrogen-bond acceptors (Lipinski definition) is 1. The minimum Gasteiger partial charge on any atom is -0.465 e. The Kier molecular flexibility index (Phi) is 3.98. The van der Waals surface area contributed by atoms with E-state index in [1.807, 2.05) is 27.7 Å². The van der Waals surface area contributed by atoms with Crippen molar-refractivity contribution < 1.29 is 9.90 Å². The van der Waals surface area contributed by atoms with Gasteiger partial charge in [0.2, 0.25) is 0 Å². The van der Waals surface area contributed by atoms with Gasteiger partial charge in [-0.15, -0.1) is 6.58 Å². The molecule has 0 spiro atoms. The van der Waals surface area contributed by atoms with E-state index in [2.05, 4.69) is 6.58 Å². The molecule has 0 bridgehead atoms. The quantitative estimate of drug-likeness (QED) is 0.684. The zero-order valence-electron chi connectivity index (χ0n) is 8.87. The van der Waals surface area contributed by atoms with Crippen LogP contribution in [0.2, 0.25) is 0 Å². The van der Waals surface area contributed by atoms with E-state index in [0.717, 1.165) is 0 Å². The molecule has 0 aromatic carbocycles. The topological polar surface area (TPSA) is 40.5 Å². The Morgan fingerprint density at radius 3 is 2.31 bits per heavy atom. The number of carboxylic acid groups (broad SMARTS) is 1. The molecular formula is C10H19NO2. The zero-order valence-corrected chi connectivity index (χ0v) is 8.87. The van der Waals surface area contributed by atoms with E-state index < -0.39 is 6.09 Å². The van der Waals surface area contributed by atoms with Gasteiger partial charge in [0.1, 0.15) is 0 Å². The minimum atomic E-state index is -0.873. The van der Waals surface area contributed by atoms with E-state index in [1.54, 1.807) is 6.08 Å². The molecule has 3 heteroatoms. The number of hydrogen-bond donors (Lipinski definition) is 1. The molecule has 3 nitrogen and oxygen atoms in total. The smallest absolute Gasteiger partial charge is 0.407 e. The summed E-state index contributed by atoms with van der Waals surface area (Å²) < 4.78 is 0. The Morgan fingerprint density at radius 2 is 2.08 bits per heavy atom. The molecule has 1 N–H and O–H groups in total. The summed E-state index contributed by atoms with van der Waals surface area (Å²) in [7, 11) is 0. The second kappa shape index (κ2) is 4.30. The van der Waals surface area contributed by atoms with Gasteiger partial charge >= 0.3 is 6.09 Å². The van der Waals surface area contributed by atoms with Crippen LogP contribution in [-0.4, -0.2) is 27.7 Å².